The van der Waals surface area contributed by atoms with Crippen LogP contribution in [0.1, 0.15) is 23.5 Å². The van der Waals surface area contributed by atoms with Gasteiger partial charge >= 0.3 is 5.97 Å². The van der Waals surface area contributed by atoms with E-state index in [-0.39, 0.29) is 24.3 Å². The van der Waals surface area contributed by atoms with Gasteiger partial charge in [0, 0.05) is 18.2 Å². The number of rotatable bonds is 5. The molecule has 3 rings (SSSR count). The van der Waals surface area contributed by atoms with Crippen LogP contribution in [-0.2, 0) is 16.1 Å². The van der Waals surface area contributed by atoms with Crippen LogP contribution in [0.3, 0.4) is 0 Å². The molecule has 6 heteroatoms. The highest BCUT2D eigenvalue weighted by Gasteiger charge is 2.44. The maximum atomic E-state index is 12.2. The van der Waals surface area contributed by atoms with Gasteiger partial charge in [-0.2, -0.15) is 5.10 Å². The molecule has 1 amide bonds. The van der Waals surface area contributed by atoms with Gasteiger partial charge in [0.15, 0.2) is 5.82 Å². The molecular formula is C16H17N3O3. The van der Waals surface area contributed by atoms with Gasteiger partial charge in [-0.05, 0) is 30.4 Å². The van der Waals surface area contributed by atoms with Crippen LogP contribution in [0.2, 0.25) is 0 Å². The number of aliphatic carboxylic acids is 1. The Hall–Kier alpha value is -2.63. The predicted octanol–water partition coefficient (Wildman–Crippen LogP) is 2.02. The number of hydrogen-bond donors (Lipinski definition) is 2. The number of nitrogens with zero attached hydrogens (tertiary/aromatic N) is 2. The summed E-state index contributed by atoms with van der Waals surface area (Å²) in [6, 6.07) is 9.70. The molecule has 22 heavy (non-hydrogen) atoms. The van der Waals surface area contributed by atoms with E-state index in [1.54, 1.807) is 6.07 Å². The first-order valence-corrected chi connectivity index (χ1v) is 7.16. The third kappa shape index (κ3) is 3.00. The Kier molecular flexibility index (Phi) is 3.66. The van der Waals surface area contributed by atoms with Crippen molar-refractivity contribution in [3.63, 3.8) is 0 Å². The Bertz CT molecular complexity index is 723. The minimum atomic E-state index is -0.970. The number of aryl methyl sites for hydroxylation is 1. The molecule has 2 atom stereocenters. The highest BCUT2D eigenvalue weighted by Crippen LogP contribution is 2.48. The average Bonchev–Trinajstić information content (AvgIpc) is 3.14. The predicted molar refractivity (Wildman–Crippen MR) is 80.5 cm³/mol. The second kappa shape index (κ2) is 5.63. The van der Waals surface area contributed by atoms with Crippen LogP contribution in [0.25, 0.3) is 0 Å². The van der Waals surface area contributed by atoms with E-state index in [4.69, 9.17) is 5.11 Å². The summed E-state index contributed by atoms with van der Waals surface area (Å²) in [5.74, 6) is -0.411. The van der Waals surface area contributed by atoms with Gasteiger partial charge in [-0.25, -0.2) is 0 Å². The first-order valence-electron chi connectivity index (χ1n) is 7.16. The van der Waals surface area contributed by atoms with Crippen LogP contribution >= 0.6 is 0 Å². The van der Waals surface area contributed by atoms with Crippen molar-refractivity contribution < 1.29 is 14.7 Å². The third-order valence-corrected chi connectivity index (χ3v) is 3.90. The van der Waals surface area contributed by atoms with Crippen LogP contribution < -0.4 is 5.32 Å². The van der Waals surface area contributed by atoms with Gasteiger partial charge in [0.25, 0.3) is 0 Å². The van der Waals surface area contributed by atoms with E-state index in [0.29, 0.717) is 5.82 Å². The summed E-state index contributed by atoms with van der Waals surface area (Å²) in [6.45, 7) is 1.83. The zero-order chi connectivity index (χ0) is 15.7. The van der Waals surface area contributed by atoms with Crippen LogP contribution in [0.15, 0.2) is 36.5 Å². The second-order valence-corrected chi connectivity index (χ2v) is 5.59. The summed E-state index contributed by atoms with van der Waals surface area (Å²) < 4.78 is 1.28. The standard InChI is InChI=1S/C16H17N3O3/c1-10-4-2-3-5-11(10)12-8-13(12)16(22)17-14-6-7-19(18-14)9-15(20)21/h2-7,12-13H,8-9H2,1H3,(H,20,21)(H,17,18,22)/t12-,13+/m1/s1. The Morgan fingerprint density at radius 2 is 2.14 bits per heavy atom. The van der Waals surface area contributed by atoms with Gasteiger partial charge in [0.1, 0.15) is 6.54 Å². The molecule has 6 nitrogen and oxygen atoms in total. The fraction of sp³-hybridized carbons (Fsp3) is 0.312. The van der Waals surface area contributed by atoms with Gasteiger partial charge < -0.3 is 10.4 Å². The largest absolute Gasteiger partial charge is 0.480 e. The van der Waals surface area contributed by atoms with Gasteiger partial charge in [-0.15, -0.1) is 0 Å². The van der Waals surface area contributed by atoms with E-state index in [1.807, 2.05) is 12.1 Å². The van der Waals surface area contributed by atoms with Crippen LogP contribution in [0, 0.1) is 12.8 Å². The van der Waals surface area contributed by atoms with Crippen molar-refractivity contribution >= 4 is 17.7 Å². The molecule has 1 fully saturated rings. The lowest BCUT2D eigenvalue weighted by Crippen LogP contribution is -2.16. The average molecular weight is 299 g/mol. The summed E-state index contributed by atoms with van der Waals surface area (Å²) >= 11 is 0. The molecule has 0 saturated heterocycles. The number of carbonyl (C=O) groups excluding carboxylic acids is 1. The topological polar surface area (TPSA) is 84.2 Å². The minimum Gasteiger partial charge on any atom is -0.480 e. The van der Waals surface area contributed by atoms with E-state index in [9.17, 15) is 9.59 Å². The molecule has 1 heterocycles. The molecule has 1 aromatic carbocycles. The van der Waals surface area contributed by atoms with Crippen molar-refractivity contribution in [2.45, 2.75) is 25.8 Å². The molecule has 1 aliphatic rings. The van der Waals surface area contributed by atoms with Gasteiger partial charge in [-0.1, -0.05) is 24.3 Å². The lowest BCUT2D eigenvalue weighted by Gasteiger charge is -2.05. The van der Waals surface area contributed by atoms with Crippen molar-refractivity contribution in [1.82, 2.24) is 9.78 Å². The van der Waals surface area contributed by atoms with Crippen molar-refractivity contribution in [3.8, 4) is 0 Å². The van der Waals surface area contributed by atoms with E-state index in [2.05, 4.69) is 29.5 Å². The Morgan fingerprint density at radius 1 is 1.36 bits per heavy atom. The fourth-order valence-corrected chi connectivity index (χ4v) is 2.71. The molecule has 1 aliphatic carbocycles. The van der Waals surface area contributed by atoms with E-state index in [0.717, 1.165) is 6.42 Å². The van der Waals surface area contributed by atoms with Crippen molar-refractivity contribution in [3.05, 3.63) is 47.7 Å². The van der Waals surface area contributed by atoms with Gasteiger partial charge in [0.05, 0.1) is 0 Å². The van der Waals surface area contributed by atoms with E-state index in [1.165, 1.54) is 22.0 Å². The zero-order valence-corrected chi connectivity index (χ0v) is 12.2. The number of benzene rings is 1. The minimum absolute atomic E-state index is 0.0364. The number of anilines is 1. The maximum Gasteiger partial charge on any atom is 0.325 e. The smallest absolute Gasteiger partial charge is 0.325 e. The van der Waals surface area contributed by atoms with Crippen LogP contribution in [0.4, 0.5) is 5.82 Å². The van der Waals surface area contributed by atoms with Crippen LogP contribution in [0.5, 0.6) is 0 Å². The number of carboxylic acid groups (broad SMARTS) is 1. The molecule has 0 unspecified atom stereocenters. The first kappa shape index (κ1) is 14.3. The molecular weight excluding hydrogens is 282 g/mol. The number of carbonyl (C=O) groups is 2. The summed E-state index contributed by atoms with van der Waals surface area (Å²) in [5.41, 5.74) is 2.42. The summed E-state index contributed by atoms with van der Waals surface area (Å²) in [6.07, 6.45) is 2.38. The molecule has 0 bridgehead atoms. The SMILES string of the molecule is Cc1ccccc1[C@H]1C[C@@H]1C(=O)Nc1ccn(CC(=O)O)n1. The Morgan fingerprint density at radius 3 is 2.86 bits per heavy atom. The van der Waals surface area contributed by atoms with Crippen molar-refractivity contribution in [1.29, 1.82) is 0 Å². The molecule has 0 radical (unpaired) electrons. The number of nitrogens with one attached hydrogen (secondary N) is 1. The lowest BCUT2D eigenvalue weighted by atomic mass is 10.0. The van der Waals surface area contributed by atoms with Crippen LogP contribution in [-0.4, -0.2) is 26.8 Å². The van der Waals surface area contributed by atoms with Crippen molar-refractivity contribution in [2.24, 2.45) is 5.92 Å². The summed E-state index contributed by atoms with van der Waals surface area (Å²) in [4.78, 5) is 22.8. The van der Waals surface area contributed by atoms with Gasteiger partial charge in [0.2, 0.25) is 5.91 Å². The number of aromatic nitrogens is 2. The highest BCUT2D eigenvalue weighted by molar-refractivity contribution is 5.94. The third-order valence-electron chi connectivity index (χ3n) is 3.90. The molecule has 0 spiro atoms. The molecule has 1 aromatic heterocycles. The Labute approximate surface area is 127 Å². The van der Waals surface area contributed by atoms with Crippen molar-refractivity contribution in [2.75, 3.05) is 5.32 Å². The molecule has 2 N–H and O–H groups in total. The fourth-order valence-electron chi connectivity index (χ4n) is 2.71. The highest BCUT2D eigenvalue weighted by atomic mass is 16.4. The number of amides is 1. The maximum absolute atomic E-state index is 12.2. The van der Waals surface area contributed by atoms with E-state index < -0.39 is 5.97 Å². The normalized spacial score (nSPS) is 19.7. The monoisotopic (exact) mass is 299 g/mol. The molecule has 0 aliphatic heterocycles. The number of hydrogen-bond acceptors (Lipinski definition) is 3. The van der Waals surface area contributed by atoms with E-state index >= 15 is 0 Å². The first-order chi connectivity index (χ1) is 10.5. The quantitative estimate of drug-likeness (QED) is 0.884. The molecule has 114 valence electrons. The summed E-state index contributed by atoms with van der Waals surface area (Å²) in [5, 5.41) is 15.5. The Balaban J connectivity index is 1.61. The second-order valence-electron chi connectivity index (χ2n) is 5.59. The summed E-state index contributed by atoms with van der Waals surface area (Å²) in [7, 11) is 0. The zero-order valence-electron chi connectivity index (χ0n) is 12.2. The lowest BCUT2D eigenvalue weighted by molar-refractivity contribution is -0.137. The molecule has 2 aromatic rings. The molecule has 1 saturated carbocycles. The van der Waals surface area contributed by atoms with Gasteiger partial charge in [-0.3, -0.25) is 14.3 Å². The number of carboxylic acids is 1.